The van der Waals surface area contributed by atoms with Gasteiger partial charge in [0.05, 0.1) is 5.56 Å². The van der Waals surface area contributed by atoms with Crippen molar-refractivity contribution in [2.24, 2.45) is 0 Å². The summed E-state index contributed by atoms with van der Waals surface area (Å²) in [6.45, 7) is 0.517. The SMILES string of the molecule is CS(=O)CCCNC(=O)c1ccc(N)nc1. The fraction of sp³-hybridized carbons (Fsp3) is 0.400. The van der Waals surface area contributed by atoms with E-state index < -0.39 is 10.8 Å². The van der Waals surface area contributed by atoms with Crippen molar-refractivity contribution in [3.05, 3.63) is 23.9 Å². The summed E-state index contributed by atoms with van der Waals surface area (Å²) in [5.41, 5.74) is 5.88. The van der Waals surface area contributed by atoms with Crippen LogP contribution in [0, 0.1) is 0 Å². The highest BCUT2D eigenvalue weighted by Gasteiger charge is 2.04. The Balaban J connectivity index is 2.35. The molecule has 0 radical (unpaired) electrons. The van der Waals surface area contributed by atoms with Gasteiger partial charge in [-0.05, 0) is 18.6 Å². The number of nitrogen functional groups attached to an aromatic ring is 1. The lowest BCUT2D eigenvalue weighted by Crippen LogP contribution is -2.25. The van der Waals surface area contributed by atoms with Crippen LogP contribution in [0.2, 0.25) is 0 Å². The summed E-state index contributed by atoms with van der Waals surface area (Å²) >= 11 is 0. The van der Waals surface area contributed by atoms with E-state index in [4.69, 9.17) is 5.73 Å². The van der Waals surface area contributed by atoms with Crippen LogP contribution in [0.15, 0.2) is 18.3 Å². The molecule has 1 aromatic heterocycles. The third kappa shape index (κ3) is 4.39. The summed E-state index contributed by atoms with van der Waals surface area (Å²) in [4.78, 5) is 15.4. The van der Waals surface area contributed by atoms with Crippen molar-refractivity contribution in [3.8, 4) is 0 Å². The first-order valence-corrected chi connectivity index (χ1v) is 6.62. The van der Waals surface area contributed by atoms with E-state index in [1.165, 1.54) is 6.20 Å². The third-order valence-electron chi connectivity index (χ3n) is 1.94. The number of carbonyl (C=O) groups is 1. The standard InChI is InChI=1S/C10H15N3O2S/c1-16(15)6-2-5-12-10(14)8-3-4-9(11)13-7-8/h3-4,7H,2,5-6H2,1H3,(H2,11,13)(H,12,14). The van der Waals surface area contributed by atoms with Crippen LogP contribution in [-0.2, 0) is 10.8 Å². The van der Waals surface area contributed by atoms with Gasteiger partial charge in [0, 0.05) is 35.5 Å². The minimum absolute atomic E-state index is 0.186. The van der Waals surface area contributed by atoms with Crippen molar-refractivity contribution in [1.82, 2.24) is 10.3 Å². The van der Waals surface area contributed by atoms with Gasteiger partial charge in [-0.3, -0.25) is 9.00 Å². The molecule has 16 heavy (non-hydrogen) atoms. The van der Waals surface area contributed by atoms with Gasteiger partial charge in [0.2, 0.25) is 0 Å². The quantitative estimate of drug-likeness (QED) is 0.719. The molecule has 0 bridgehead atoms. The van der Waals surface area contributed by atoms with Gasteiger partial charge < -0.3 is 11.1 Å². The molecule has 0 saturated carbocycles. The average Bonchev–Trinajstić information content (AvgIpc) is 2.25. The van der Waals surface area contributed by atoms with Crippen molar-refractivity contribution in [2.45, 2.75) is 6.42 Å². The summed E-state index contributed by atoms with van der Waals surface area (Å²) in [6.07, 6.45) is 3.78. The monoisotopic (exact) mass is 241 g/mol. The number of anilines is 1. The number of hydrogen-bond acceptors (Lipinski definition) is 4. The molecule has 1 unspecified atom stereocenters. The third-order valence-corrected chi connectivity index (χ3v) is 2.81. The molecule has 5 nitrogen and oxygen atoms in total. The van der Waals surface area contributed by atoms with Crippen LogP contribution in [0.4, 0.5) is 5.82 Å². The van der Waals surface area contributed by atoms with E-state index in [1.807, 2.05) is 0 Å². The smallest absolute Gasteiger partial charge is 0.252 e. The van der Waals surface area contributed by atoms with E-state index in [-0.39, 0.29) is 5.91 Å². The lowest BCUT2D eigenvalue weighted by molar-refractivity contribution is 0.0953. The molecule has 1 amide bonds. The number of amides is 1. The molecule has 0 spiro atoms. The maximum absolute atomic E-state index is 11.5. The number of rotatable bonds is 5. The second-order valence-electron chi connectivity index (χ2n) is 3.36. The van der Waals surface area contributed by atoms with Crippen molar-refractivity contribution in [1.29, 1.82) is 0 Å². The van der Waals surface area contributed by atoms with Crippen LogP contribution in [0.1, 0.15) is 16.8 Å². The Hall–Kier alpha value is -1.43. The molecule has 88 valence electrons. The molecule has 0 aliphatic carbocycles. The summed E-state index contributed by atoms with van der Waals surface area (Å²) in [5, 5.41) is 2.72. The van der Waals surface area contributed by atoms with Crippen molar-refractivity contribution >= 4 is 22.5 Å². The lowest BCUT2D eigenvalue weighted by atomic mass is 10.2. The Kier molecular flexibility index (Phi) is 4.91. The fourth-order valence-electron chi connectivity index (χ4n) is 1.12. The van der Waals surface area contributed by atoms with Crippen molar-refractivity contribution in [3.63, 3.8) is 0 Å². The minimum Gasteiger partial charge on any atom is -0.384 e. The molecule has 0 saturated heterocycles. The van der Waals surface area contributed by atoms with Gasteiger partial charge in [-0.25, -0.2) is 4.98 Å². The largest absolute Gasteiger partial charge is 0.384 e. The van der Waals surface area contributed by atoms with Crippen LogP contribution in [-0.4, -0.2) is 33.7 Å². The number of nitrogens with one attached hydrogen (secondary N) is 1. The number of aromatic nitrogens is 1. The van der Waals surface area contributed by atoms with Gasteiger partial charge in [-0.1, -0.05) is 0 Å². The minimum atomic E-state index is -0.808. The maximum atomic E-state index is 11.5. The molecule has 1 aromatic rings. The molecule has 1 atom stereocenters. The van der Waals surface area contributed by atoms with Gasteiger partial charge >= 0.3 is 0 Å². The molecule has 0 aliphatic rings. The molecule has 0 fully saturated rings. The van der Waals surface area contributed by atoms with E-state index in [1.54, 1.807) is 18.4 Å². The Morgan fingerprint density at radius 3 is 2.88 bits per heavy atom. The first kappa shape index (κ1) is 12.6. The van der Waals surface area contributed by atoms with E-state index in [9.17, 15) is 9.00 Å². The molecule has 1 rings (SSSR count). The van der Waals surface area contributed by atoms with Gasteiger partial charge in [-0.2, -0.15) is 0 Å². The summed E-state index contributed by atoms with van der Waals surface area (Å²) in [5.74, 6) is 0.799. The summed E-state index contributed by atoms with van der Waals surface area (Å²) in [7, 11) is -0.808. The van der Waals surface area contributed by atoms with E-state index in [0.717, 1.165) is 0 Å². The maximum Gasteiger partial charge on any atom is 0.252 e. The van der Waals surface area contributed by atoms with Gasteiger partial charge in [0.25, 0.3) is 5.91 Å². The highest BCUT2D eigenvalue weighted by molar-refractivity contribution is 7.84. The van der Waals surface area contributed by atoms with E-state index in [2.05, 4.69) is 10.3 Å². The zero-order valence-corrected chi connectivity index (χ0v) is 9.92. The second-order valence-corrected chi connectivity index (χ2v) is 4.91. The predicted molar refractivity (Wildman–Crippen MR) is 64.5 cm³/mol. The highest BCUT2D eigenvalue weighted by Crippen LogP contribution is 2.00. The molecular weight excluding hydrogens is 226 g/mol. The zero-order chi connectivity index (χ0) is 12.0. The molecule has 1 heterocycles. The Bertz CT molecular complexity index is 378. The molecule has 6 heteroatoms. The second kappa shape index (κ2) is 6.22. The van der Waals surface area contributed by atoms with Gasteiger partial charge in [0.1, 0.15) is 5.82 Å². The predicted octanol–water partition coefficient (Wildman–Crippen LogP) is 0.162. The topological polar surface area (TPSA) is 85.1 Å². The lowest BCUT2D eigenvalue weighted by Gasteiger charge is -2.04. The van der Waals surface area contributed by atoms with Crippen molar-refractivity contribution in [2.75, 3.05) is 24.3 Å². The number of pyridine rings is 1. The summed E-state index contributed by atoms with van der Waals surface area (Å²) in [6, 6.07) is 3.20. The van der Waals surface area contributed by atoms with Crippen LogP contribution in [0.25, 0.3) is 0 Å². The Morgan fingerprint density at radius 1 is 1.56 bits per heavy atom. The molecular formula is C10H15N3O2S. The van der Waals surface area contributed by atoms with Crippen molar-refractivity contribution < 1.29 is 9.00 Å². The van der Waals surface area contributed by atoms with Crippen LogP contribution >= 0.6 is 0 Å². The summed E-state index contributed by atoms with van der Waals surface area (Å²) < 4.78 is 10.8. The molecule has 3 N–H and O–H groups in total. The Morgan fingerprint density at radius 2 is 2.31 bits per heavy atom. The van der Waals surface area contributed by atoms with Crippen LogP contribution in [0.3, 0.4) is 0 Å². The van der Waals surface area contributed by atoms with Crippen LogP contribution in [0.5, 0.6) is 0 Å². The first-order valence-electron chi connectivity index (χ1n) is 4.89. The fourth-order valence-corrected chi connectivity index (χ4v) is 1.67. The number of nitrogens with zero attached hydrogens (tertiary/aromatic N) is 1. The zero-order valence-electron chi connectivity index (χ0n) is 9.10. The molecule has 0 aliphatic heterocycles. The highest BCUT2D eigenvalue weighted by atomic mass is 32.2. The normalized spacial score (nSPS) is 12.1. The van der Waals surface area contributed by atoms with Gasteiger partial charge in [0.15, 0.2) is 0 Å². The van der Waals surface area contributed by atoms with Crippen LogP contribution < -0.4 is 11.1 Å². The number of hydrogen-bond donors (Lipinski definition) is 2. The first-order chi connectivity index (χ1) is 7.59. The average molecular weight is 241 g/mol. The molecule has 0 aromatic carbocycles. The Labute approximate surface area is 96.9 Å². The number of carbonyl (C=O) groups excluding carboxylic acids is 1. The van der Waals surface area contributed by atoms with E-state index >= 15 is 0 Å². The van der Waals surface area contributed by atoms with Gasteiger partial charge in [-0.15, -0.1) is 0 Å². The van der Waals surface area contributed by atoms with E-state index in [0.29, 0.717) is 30.1 Å². The number of nitrogens with two attached hydrogens (primary N) is 1.